The number of anilines is 1. The lowest BCUT2D eigenvalue weighted by Crippen LogP contribution is -2.50. The number of rotatable bonds is 3. The molecule has 2 aromatic heterocycles. The van der Waals surface area contributed by atoms with Gasteiger partial charge in [-0.15, -0.1) is 0 Å². The molecule has 0 radical (unpaired) electrons. The maximum absolute atomic E-state index is 13.8. The maximum Gasteiger partial charge on any atom is 0.206 e. The molecule has 3 aromatic rings. The summed E-state index contributed by atoms with van der Waals surface area (Å²) in [7, 11) is 0. The Balaban J connectivity index is 1.77. The molecule has 28 heavy (non-hydrogen) atoms. The lowest BCUT2D eigenvalue weighted by Gasteiger charge is -2.34. The number of benzene rings is 1. The molecule has 0 unspecified atom stereocenters. The molecule has 1 aromatic carbocycles. The number of hydrogen-bond donors (Lipinski definition) is 1. The Morgan fingerprint density at radius 3 is 2.64 bits per heavy atom. The first kappa shape index (κ1) is 17.9. The fourth-order valence-corrected chi connectivity index (χ4v) is 3.47. The number of aromatic nitrogens is 3. The van der Waals surface area contributed by atoms with Crippen molar-refractivity contribution in [2.24, 2.45) is 5.73 Å². The van der Waals surface area contributed by atoms with Crippen LogP contribution in [0.3, 0.4) is 0 Å². The fourth-order valence-electron chi connectivity index (χ4n) is 3.47. The van der Waals surface area contributed by atoms with E-state index in [0.717, 1.165) is 11.2 Å². The average molecular weight is 375 g/mol. The zero-order valence-electron chi connectivity index (χ0n) is 15.1. The molecule has 0 bridgehead atoms. The molecule has 3 heterocycles. The van der Waals surface area contributed by atoms with Gasteiger partial charge in [0.2, 0.25) is 5.95 Å². The lowest BCUT2D eigenvalue weighted by atomic mass is 10.1. The zero-order valence-corrected chi connectivity index (χ0v) is 15.1. The van der Waals surface area contributed by atoms with Crippen LogP contribution in [0.2, 0.25) is 0 Å². The zero-order chi connectivity index (χ0) is 19.7. The summed E-state index contributed by atoms with van der Waals surface area (Å²) >= 11 is 0. The standard InChI is InChI=1S/C20H18FN7/c21-16-5-6-27(12-17(16)24)20-26-18-7-13(8-22)2-4-19(18)28(20)11-15-3-1-14(9-23)10-25-15/h1-4,7,10,16-17H,5-6,11-12,24H2/t16-,17-/m1/s1. The van der Waals surface area contributed by atoms with Crippen molar-refractivity contribution in [2.45, 2.75) is 25.2 Å². The van der Waals surface area contributed by atoms with Crippen molar-refractivity contribution in [3.8, 4) is 12.1 Å². The van der Waals surface area contributed by atoms with Crippen LogP contribution < -0.4 is 10.6 Å². The van der Waals surface area contributed by atoms with Gasteiger partial charge in [0.1, 0.15) is 12.2 Å². The van der Waals surface area contributed by atoms with E-state index in [0.29, 0.717) is 48.6 Å². The van der Waals surface area contributed by atoms with Gasteiger partial charge < -0.3 is 15.2 Å². The number of hydrogen-bond acceptors (Lipinski definition) is 6. The van der Waals surface area contributed by atoms with Crippen molar-refractivity contribution in [2.75, 3.05) is 18.0 Å². The first-order valence-corrected chi connectivity index (χ1v) is 8.99. The number of fused-ring (bicyclic) bond motifs is 1. The van der Waals surface area contributed by atoms with E-state index in [1.807, 2.05) is 15.5 Å². The van der Waals surface area contributed by atoms with Gasteiger partial charge in [-0.1, -0.05) is 0 Å². The van der Waals surface area contributed by atoms with Crippen molar-refractivity contribution in [1.29, 1.82) is 10.5 Å². The first-order valence-electron chi connectivity index (χ1n) is 8.99. The van der Waals surface area contributed by atoms with E-state index < -0.39 is 12.2 Å². The summed E-state index contributed by atoms with van der Waals surface area (Å²) in [6.45, 7) is 1.33. The summed E-state index contributed by atoms with van der Waals surface area (Å²) in [4.78, 5) is 11.0. The second-order valence-corrected chi connectivity index (χ2v) is 6.88. The number of imidazole rings is 1. The van der Waals surface area contributed by atoms with E-state index in [1.54, 1.807) is 24.3 Å². The summed E-state index contributed by atoms with van der Waals surface area (Å²) in [6.07, 6.45) is 0.870. The number of pyridine rings is 1. The normalized spacial score (nSPS) is 19.4. The molecule has 1 fully saturated rings. The Bertz CT molecular complexity index is 1090. The first-order chi connectivity index (χ1) is 13.6. The molecule has 7 nitrogen and oxygen atoms in total. The summed E-state index contributed by atoms with van der Waals surface area (Å²) in [5, 5.41) is 18.1. The number of piperidine rings is 1. The maximum atomic E-state index is 13.8. The van der Waals surface area contributed by atoms with Crippen LogP contribution >= 0.6 is 0 Å². The molecular weight excluding hydrogens is 357 g/mol. The molecular formula is C20H18FN7. The van der Waals surface area contributed by atoms with E-state index in [9.17, 15) is 9.65 Å². The Labute approximate surface area is 161 Å². The molecule has 0 saturated carbocycles. The highest BCUT2D eigenvalue weighted by Gasteiger charge is 2.29. The van der Waals surface area contributed by atoms with E-state index in [2.05, 4.69) is 17.1 Å². The Morgan fingerprint density at radius 1 is 1.18 bits per heavy atom. The van der Waals surface area contributed by atoms with Crippen molar-refractivity contribution in [1.82, 2.24) is 14.5 Å². The van der Waals surface area contributed by atoms with Crippen LogP contribution in [0.1, 0.15) is 23.2 Å². The minimum Gasteiger partial charge on any atom is -0.340 e. The van der Waals surface area contributed by atoms with Crippen LogP contribution in [0, 0.1) is 22.7 Å². The molecule has 1 aliphatic rings. The summed E-state index contributed by atoms with van der Waals surface area (Å²) in [5.41, 5.74) is 9.29. The van der Waals surface area contributed by atoms with Crippen LogP contribution in [0.25, 0.3) is 11.0 Å². The largest absolute Gasteiger partial charge is 0.340 e. The number of nitriles is 2. The van der Waals surface area contributed by atoms with Gasteiger partial charge in [0.15, 0.2) is 0 Å². The highest BCUT2D eigenvalue weighted by Crippen LogP contribution is 2.27. The van der Waals surface area contributed by atoms with Crippen LogP contribution in [0.4, 0.5) is 10.3 Å². The van der Waals surface area contributed by atoms with Crippen molar-refractivity contribution >= 4 is 17.0 Å². The van der Waals surface area contributed by atoms with Gasteiger partial charge >= 0.3 is 0 Å². The van der Waals surface area contributed by atoms with Gasteiger partial charge in [0.25, 0.3) is 0 Å². The molecule has 0 aliphatic carbocycles. The average Bonchev–Trinajstić information content (AvgIpc) is 3.08. The monoisotopic (exact) mass is 375 g/mol. The predicted octanol–water partition coefficient (Wildman–Crippen LogP) is 2.10. The summed E-state index contributed by atoms with van der Waals surface area (Å²) in [6, 6.07) is 12.5. The minimum atomic E-state index is -1.01. The van der Waals surface area contributed by atoms with E-state index in [1.165, 1.54) is 6.20 Å². The molecule has 1 aliphatic heterocycles. The van der Waals surface area contributed by atoms with Gasteiger partial charge in [-0.25, -0.2) is 9.37 Å². The smallest absolute Gasteiger partial charge is 0.206 e. The van der Waals surface area contributed by atoms with Crippen molar-refractivity contribution in [3.05, 3.63) is 53.3 Å². The van der Waals surface area contributed by atoms with Gasteiger partial charge in [0, 0.05) is 19.3 Å². The molecule has 4 rings (SSSR count). The second kappa shape index (κ2) is 7.26. The van der Waals surface area contributed by atoms with Crippen molar-refractivity contribution < 1.29 is 4.39 Å². The van der Waals surface area contributed by atoms with E-state index in [4.69, 9.17) is 16.0 Å². The predicted molar refractivity (Wildman–Crippen MR) is 102 cm³/mol. The Morgan fingerprint density at radius 2 is 1.96 bits per heavy atom. The summed E-state index contributed by atoms with van der Waals surface area (Å²) < 4.78 is 15.8. The highest BCUT2D eigenvalue weighted by molar-refractivity contribution is 5.80. The number of nitrogens with two attached hydrogens (primary N) is 1. The molecule has 2 atom stereocenters. The molecule has 8 heteroatoms. The molecule has 2 N–H and O–H groups in total. The lowest BCUT2D eigenvalue weighted by molar-refractivity contribution is 0.243. The van der Waals surface area contributed by atoms with Gasteiger partial charge in [-0.05, 0) is 36.8 Å². The number of alkyl halides is 1. The Hall–Kier alpha value is -3.49. The quantitative estimate of drug-likeness (QED) is 0.751. The van der Waals surface area contributed by atoms with Gasteiger partial charge in [-0.2, -0.15) is 10.5 Å². The van der Waals surface area contributed by atoms with E-state index in [-0.39, 0.29) is 0 Å². The Kier molecular flexibility index (Phi) is 4.64. The fraction of sp³-hybridized carbons (Fsp3) is 0.300. The van der Waals surface area contributed by atoms with Crippen LogP contribution in [-0.2, 0) is 6.54 Å². The topological polar surface area (TPSA) is 108 Å². The van der Waals surface area contributed by atoms with Crippen LogP contribution in [0.15, 0.2) is 36.5 Å². The molecule has 1 saturated heterocycles. The summed E-state index contributed by atoms with van der Waals surface area (Å²) in [5.74, 6) is 0.679. The minimum absolute atomic E-state index is 0.350. The third-order valence-electron chi connectivity index (χ3n) is 4.98. The highest BCUT2D eigenvalue weighted by atomic mass is 19.1. The van der Waals surface area contributed by atoms with Crippen LogP contribution in [-0.4, -0.2) is 39.8 Å². The van der Waals surface area contributed by atoms with Crippen molar-refractivity contribution in [3.63, 3.8) is 0 Å². The third-order valence-corrected chi connectivity index (χ3v) is 4.98. The molecule has 0 spiro atoms. The third kappa shape index (κ3) is 3.26. The van der Waals surface area contributed by atoms with E-state index >= 15 is 0 Å². The SMILES string of the molecule is N#Cc1ccc(Cn2c(N3CC[C@@H](F)[C@H](N)C3)nc3cc(C#N)ccc32)nc1. The second-order valence-electron chi connectivity index (χ2n) is 6.88. The molecule has 0 amide bonds. The van der Waals surface area contributed by atoms with Crippen LogP contribution in [0.5, 0.6) is 0 Å². The molecule has 140 valence electrons. The number of nitrogens with zero attached hydrogens (tertiary/aromatic N) is 6. The van der Waals surface area contributed by atoms with Gasteiger partial charge in [-0.3, -0.25) is 4.98 Å². The number of halogens is 1. The van der Waals surface area contributed by atoms with Gasteiger partial charge in [0.05, 0.1) is 46.5 Å².